The van der Waals surface area contributed by atoms with Gasteiger partial charge in [0, 0.05) is 71.9 Å². The number of amides is 2. The van der Waals surface area contributed by atoms with E-state index in [4.69, 9.17) is 0 Å². The Hall–Kier alpha value is -5.46. The number of benzene rings is 2. The van der Waals surface area contributed by atoms with Gasteiger partial charge in [-0.25, -0.2) is 0 Å². The first kappa shape index (κ1) is 34.3. The lowest BCUT2D eigenvalue weighted by Gasteiger charge is -2.14. The van der Waals surface area contributed by atoms with Gasteiger partial charge in [0.05, 0.1) is 11.0 Å². The number of carbonyl (C=O) groups is 2. The van der Waals surface area contributed by atoms with Crippen molar-refractivity contribution in [2.24, 2.45) is 0 Å². The second kappa shape index (κ2) is 15.1. The molecule has 6 heterocycles. The number of aromatic nitrogens is 6. The third-order valence-electron chi connectivity index (χ3n) is 10.8. The lowest BCUT2D eigenvalue weighted by molar-refractivity contribution is 0.0939. The monoisotopic (exact) mass is 722 g/mol. The minimum Gasteiger partial charge on any atom is -0.348 e. The molecule has 276 valence electrons. The smallest absolute Gasteiger partial charge is 0.272 e. The number of hydrogen-bond donors (Lipinski definition) is 4. The molecule has 2 aliphatic heterocycles. The first-order valence-corrected chi connectivity index (χ1v) is 19.4. The first-order valence-electron chi connectivity index (χ1n) is 19.4. The Morgan fingerprint density at radius 2 is 1.00 bits per heavy atom. The summed E-state index contributed by atoms with van der Waals surface area (Å²) in [4.78, 5) is 38.7. The number of pyridine rings is 2. The third kappa shape index (κ3) is 7.90. The minimum atomic E-state index is -0.0955. The van der Waals surface area contributed by atoms with Crippen LogP contribution in [-0.2, 0) is 13.1 Å². The summed E-state index contributed by atoms with van der Waals surface area (Å²) in [5, 5.41) is 22.2. The summed E-state index contributed by atoms with van der Waals surface area (Å²) < 4.78 is 0. The Labute approximate surface area is 314 Å². The van der Waals surface area contributed by atoms with Gasteiger partial charge in [0.2, 0.25) is 0 Å². The van der Waals surface area contributed by atoms with Gasteiger partial charge in [-0.3, -0.25) is 39.6 Å². The number of rotatable bonds is 10. The molecule has 2 amide bonds. The molecule has 0 radical (unpaired) electrons. The zero-order chi connectivity index (χ0) is 36.4. The van der Waals surface area contributed by atoms with E-state index < -0.39 is 0 Å². The topological polar surface area (TPSA) is 148 Å². The number of fused-ring (bicyclic) bond motifs is 2. The Morgan fingerprint density at radius 1 is 0.574 bits per heavy atom. The largest absolute Gasteiger partial charge is 0.348 e. The maximum Gasteiger partial charge on any atom is 0.272 e. The average molecular weight is 723 g/mol. The van der Waals surface area contributed by atoms with Gasteiger partial charge in [-0.2, -0.15) is 10.2 Å². The molecule has 0 bridgehead atoms. The summed E-state index contributed by atoms with van der Waals surface area (Å²) in [7, 11) is 0. The highest BCUT2D eigenvalue weighted by atomic mass is 16.2. The lowest BCUT2D eigenvalue weighted by atomic mass is 10.0. The van der Waals surface area contributed by atoms with E-state index in [2.05, 4.69) is 75.1 Å². The van der Waals surface area contributed by atoms with Gasteiger partial charge < -0.3 is 10.6 Å². The van der Waals surface area contributed by atoms with Gasteiger partial charge >= 0.3 is 0 Å². The molecule has 10 rings (SSSR count). The highest BCUT2D eigenvalue weighted by Crippen LogP contribution is 2.29. The number of hydrogen-bond acceptors (Lipinski definition) is 8. The molecular formula is C42H46N10O2. The maximum absolute atomic E-state index is 12.5. The molecule has 2 saturated carbocycles. The van der Waals surface area contributed by atoms with E-state index in [0.717, 1.165) is 82.8 Å². The molecule has 54 heavy (non-hydrogen) atoms. The first-order chi connectivity index (χ1) is 26.5. The predicted octanol–water partition coefficient (Wildman–Crippen LogP) is 6.23. The molecule has 4 fully saturated rings. The van der Waals surface area contributed by atoms with Crippen molar-refractivity contribution in [3.8, 4) is 22.3 Å². The Balaban J connectivity index is 0.000000142. The summed E-state index contributed by atoms with van der Waals surface area (Å²) in [6.07, 6.45) is 17.1. The van der Waals surface area contributed by atoms with Gasteiger partial charge in [-0.1, -0.05) is 12.1 Å². The highest BCUT2D eigenvalue weighted by molar-refractivity contribution is 6.06. The number of likely N-dealkylation sites (tertiary alicyclic amines) is 2. The van der Waals surface area contributed by atoms with E-state index in [9.17, 15) is 9.59 Å². The summed E-state index contributed by atoms with van der Waals surface area (Å²) in [5.41, 5.74) is 9.41. The highest BCUT2D eigenvalue weighted by Gasteiger charge is 2.27. The van der Waals surface area contributed by atoms with Crippen LogP contribution in [0.15, 0.2) is 73.3 Å². The van der Waals surface area contributed by atoms with E-state index in [1.807, 2.05) is 49.1 Å². The van der Waals surface area contributed by atoms with Gasteiger partial charge in [-0.05, 0) is 136 Å². The molecule has 0 unspecified atom stereocenters. The van der Waals surface area contributed by atoms with Crippen molar-refractivity contribution in [1.82, 2.24) is 50.8 Å². The molecule has 0 spiro atoms. The van der Waals surface area contributed by atoms with E-state index in [-0.39, 0.29) is 11.8 Å². The third-order valence-corrected chi connectivity index (χ3v) is 10.8. The molecule has 0 atom stereocenters. The normalized spacial score (nSPS) is 17.5. The van der Waals surface area contributed by atoms with Crippen LogP contribution in [0.3, 0.4) is 0 Å². The molecule has 6 aromatic rings. The average Bonchev–Trinajstić information content (AvgIpc) is 3.87. The lowest BCUT2D eigenvalue weighted by Crippen LogP contribution is -2.25. The maximum atomic E-state index is 12.5. The standard InChI is InChI=1S/2C21H23N5O/c2*27-21(23-17-4-5-17)20-18-10-15(3-6-19(18)24-25-20)16-9-14(11-22-12-16)13-26-7-1-2-8-26/h2*3,6,9-12,17H,1-2,4-5,7-8,13H2,(H,23,27)(H,24,25). The van der Waals surface area contributed by atoms with Crippen molar-refractivity contribution < 1.29 is 9.59 Å². The molecule has 12 nitrogen and oxygen atoms in total. The van der Waals surface area contributed by atoms with Crippen LogP contribution in [0.1, 0.15) is 83.5 Å². The van der Waals surface area contributed by atoms with E-state index in [1.165, 1.54) is 63.0 Å². The zero-order valence-electron chi connectivity index (χ0n) is 30.5. The van der Waals surface area contributed by atoms with Crippen LogP contribution in [0.2, 0.25) is 0 Å². The minimum absolute atomic E-state index is 0.0955. The Kier molecular flexibility index (Phi) is 9.60. The SMILES string of the molecule is O=C(NC1CC1)c1n[nH]c2ccc(-c3cncc(CN4CCCC4)c3)cc12.O=C(NC1CC1)c1n[nH]c2ccc(-c3cncc(CN4CCCC4)c3)cc12. The van der Waals surface area contributed by atoms with Crippen LogP contribution >= 0.6 is 0 Å². The summed E-state index contributed by atoms with van der Waals surface area (Å²) >= 11 is 0. The molecule has 2 aromatic carbocycles. The zero-order valence-corrected chi connectivity index (χ0v) is 30.5. The van der Waals surface area contributed by atoms with Crippen LogP contribution in [0.5, 0.6) is 0 Å². The van der Waals surface area contributed by atoms with Crippen molar-refractivity contribution in [2.45, 2.75) is 76.5 Å². The van der Waals surface area contributed by atoms with E-state index >= 15 is 0 Å². The van der Waals surface area contributed by atoms with Crippen molar-refractivity contribution in [3.63, 3.8) is 0 Å². The van der Waals surface area contributed by atoms with Crippen LogP contribution < -0.4 is 10.6 Å². The van der Waals surface area contributed by atoms with Crippen LogP contribution in [-0.4, -0.2) is 90.2 Å². The van der Waals surface area contributed by atoms with Gasteiger partial charge in [0.15, 0.2) is 11.4 Å². The van der Waals surface area contributed by atoms with E-state index in [1.54, 1.807) is 0 Å². The van der Waals surface area contributed by atoms with Crippen LogP contribution in [0, 0.1) is 0 Å². The fraction of sp³-hybridized carbons (Fsp3) is 0.381. The quantitative estimate of drug-likeness (QED) is 0.130. The van der Waals surface area contributed by atoms with Gasteiger partial charge in [0.25, 0.3) is 11.8 Å². The number of carbonyl (C=O) groups excluding carboxylic acids is 2. The number of nitrogens with zero attached hydrogens (tertiary/aromatic N) is 6. The van der Waals surface area contributed by atoms with Crippen molar-refractivity contribution in [1.29, 1.82) is 0 Å². The Morgan fingerprint density at radius 3 is 1.41 bits per heavy atom. The summed E-state index contributed by atoms with van der Waals surface area (Å²) in [6.45, 7) is 6.58. The van der Waals surface area contributed by atoms with Crippen molar-refractivity contribution in [2.75, 3.05) is 26.2 Å². The second-order valence-corrected chi connectivity index (χ2v) is 15.3. The Bertz CT molecular complexity index is 2130. The van der Waals surface area contributed by atoms with Crippen LogP contribution in [0.4, 0.5) is 0 Å². The number of aromatic amines is 2. The van der Waals surface area contributed by atoms with Crippen molar-refractivity contribution in [3.05, 3.63) is 95.8 Å². The fourth-order valence-electron chi connectivity index (χ4n) is 7.56. The summed E-state index contributed by atoms with van der Waals surface area (Å²) in [5.74, 6) is -0.191. The number of H-pyrrole nitrogens is 2. The van der Waals surface area contributed by atoms with E-state index in [0.29, 0.717) is 23.5 Å². The second-order valence-electron chi connectivity index (χ2n) is 15.3. The molecule has 12 heteroatoms. The number of nitrogens with one attached hydrogen (secondary N) is 4. The summed E-state index contributed by atoms with van der Waals surface area (Å²) in [6, 6.07) is 17.2. The molecule has 4 aromatic heterocycles. The molecule has 4 N–H and O–H groups in total. The van der Waals surface area contributed by atoms with Gasteiger partial charge in [0.1, 0.15) is 0 Å². The molecular weight excluding hydrogens is 677 g/mol. The molecule has 4 aliphatic rings. The predicted molar refractivity (Wildman–Crippen MR) is 209 cm³/mol. The molecule has 2 aliphatic carbocycles. The fourth-order valence-corrected chi connectivity index (χ4v) is 7.56. The molecule has 2 saturated heterocycles. The van der Waals surface area contributed by atoms with Crippen LogP contribution in [0.25, 0.3) is 44.1 Å². The van der Waals surface area contributed by atoms with Gasteiger partial charge in [-0.15, -0.1) is 0 Å². The van der Waals surface area contributed by atoms with Crippen molar-refractivity contribution >= 4 is 33.6 Å².